The van der Waals surface area contributed by atoms with Crippen molar-refractivity contribution < 1.29 is 45.4 Å². The van der Waals surface area contributed by atoms with Gasteiger partial charge in [-0.3, -0.25) is 19.1 Å². The van der Waals surface area contributed by atoms with E-state index in [0.29, 0.717) is 59.6 Å². The van der Waals surface area contributed by atoms with Crippen molar-refractivity contribution in [1.82, 2.24) is 25.0 Å². The number of hydrogen-bond acceptors (Lipinski definition) is 13. The van der Waals surface area contributed by atoms with Gasteiger partial charge in [0.2, 0.25) is 5.91 Å². The van der Waals surface area contributed by atoms with Crippen LogP contribution in [0.1, 0.15) is 59.9 Å². The van der Waals surface area contributed by atoms with Gasteiger partial charge in [-0.15, -0.1) is 0 Å². The SMILES string of the molecule is Cn1ncnc1[C@H]1c2n[nH]c(=O)c3cc(F)cc(c23)N[C@@H]1c1ccc(NC(=O)CCOCCCNc2ccc(S(=O)(=O)C[C@](C)(O)C(=O)Nc3ccc(C#N)c(C(F)(F)F)c3)cc2)cc1. The summed E-state index contributed by atoms with van der Waals surface area (Å²) in [6.07, 6.45) is -2.87. The quantitative estimate of drug-likeness (QED) is 0.0528. The summed E-state index contributed by atoms with van der Waals surface area (Å²) in [5, 5.41) is 42.8. The molecule has 0 fully saturated rings. The van der Waals surface area contributed by atoms with Crippen LogP contribution in [0.3, 0.4) is 0 Å². The molecule has 22 heteroatoms. The molecule has 1 aliphatic heterocycles. The van der Waals surface area contributed by atoms with E-state index in [-0.39, 0.29) is 34.9 Å². The smallest absolute Gasteiger partial charge is 0.385 e. The molecule has 6 N–H and O–H groups in total. The summed E-state index contributed by atoms with van der Waals surface area (Å²) in [6, 6.07) is 18.4. The molecule has 3 atom stereocenters. The summed E-state index contributed by atoms with van der Waals surface area (Å²) in [6.45, 7) is 1.80. The minimum Gasteiger partial charge on any atom is -0.385 e. The molecule has 1 aliphatic rings. The molecule has 3 heterocycles. The highest BCUT2D eigenvalue weighted by atomic mass is 32.2. The van der Waals surface area contributed by atoms with Crippen molar-refractivity contribution in [3.8, 4) is 6.07 Å². The van der Waals surface area contributed by atoms with Crippen LogP contribution in [0, 0.1) is 17.1 Å². The molecule has 338 valence electrons. The first-order valence-electron chi connectivity index (χ1n) is 19.9. The fourth-order valence-electron chi connectivity index (χ4n) is 7.36. The minimum atomic E-state index is -4.89. The number of nitrogens with zero attached hydrogens (tertiary/aromatic N) is 5. The second-order valence-corrected chi connectivity index (χ2v) is 17.3. The van der Waals surface area contributed by atoms with Gasteiger partial charge in [-0.25, -0.2) is 22.9 Å². The number of amides is 2. The lowest BCUT2D eigenvalue weighted by Gasteiger charge is -2.33. The Bertz CT molecular complexity index is 2970. The Morgan fingerprint density at radius 2 is 1.69 bits per heavy atom. The Kier molecular flexibility index (Phi) is 13.0. The second kappa shape index (κ2) is 18.5. The minimum absolute atomic E-state index is 0.0722. The van der Waals surface area contributed by atoms with Gasteiger partial charge in [0.1, 0.15) is 18.0 Å². The number of halogens is 4. The van der Waals surface area contributed by atoms with Crippen molar-refractivity contribution >= 4 is 55.2 Å². The highest BCUT2D eigenvalue weighted by Crippen LogP contribution is 2.46. The first-order chi connectivity index (χ1) is 30.8. The molecule has 4 aromatic carbocycles. The van der Waals surface area contributed by atoms with Gasteiger partial charge in [-0.1, -0.05) is 12.1 Å². The Hall–Kier alpha value is -7.22. The molecule has 7 rings (SSSR count). The number of hydrogen-bond donors (Lipinski definition) is 6. The summed E-state index contributed by atoms with van der Waals surface area (Å²) in [5.41, 5.74) is -2.64. The van der Waals surface area contributed by atoms with Gasteiger partial charge < -0.3 is 31.1 Å². The zero-order chi connectivity index (χ0) is 46.7. The molecular weight excluding hydrogens is 877 g/mol. The average Bonchev–Trinajstić information content (AvgIpc) is 3.68. The van der Waals surface area contributed by atoms with Crippen molar-refractivity contribution in [2.45, 2.75) is 48.4 Å². The van der Waals surface area contributed by atoms with Crippen LogP contribution in [0.15, 0.2) is 94.9 Å². The van der Waals surface area contributed by atoms with Crippen molar-refractivity contribution in [2.75, 3.05) is 46.8 Å². The molecule has 0 unspecified atom stereocenters. The van der Waals surface area contributed by atoms with Gasteiger partial charge in [-0.05, 0) is 85.6 Å². The van der Waals surface area contributed by atoms with Gasteiger partial charge in [-0.2, -0.15) is 28.6 Å². The van der Waals surface area contributed by atoms with Gasteiger partial charge >= 0.3 is 6.18 Å². The van der Waals surface area contributed by atoms with Crippen molar-refractivity contribution in [2.24, 2.45) is 7.05 Å². The number of aliphatic hydroxyl groups is 1. The predicted molar refractivity (Wildman–Crippen MR) is 229 cm³/mol. The lowest BCUT2D eigenvalue weighted by Crippen LogP contribution is -2.45. The number of nitrogens with one attached hydrogen (secondary N) is 5. The number of benzene rings is 4. The number of H-pyrrole nitrogens is 1. The van der Waals surface area contributed by atoms with Gasteiger partial charge in [0.15, 0.2) is 15.4 Å². The maximum Gasteiger partial charge on any atom is 0.417 e. The Morgan fingerprint density at radius 1 is 0.985 bits per heavy atom. The van der Waals surface area contributed by atoms with Gasteiger partial charge in [0.25, 0.3) is 11.5 Å². The van der Waals surface area contributed by atoms with E-state index >= 15 is 0 Å². The average molecular weight is 917 g/mol. The molecule has 0 radical (unpaired) electrons. The zero-order valence-corrected chi connectivity index (χ0v) is 35.3. The van der Waals surface area contributed by atoms with E-state index in [2.05, 4.69) is 41.5 Å². The highest BCUT2D eigenvalue weighted by molar-refractivity contribution is 7.91. The number of carbonyl (C=O) groups is 2. The highest BCUT2D eigenvalue weighted by Gasteiger charge is 2.39. The Morgan fingerprint density at radius 3 is 2.37 bits per heavy atom. The largest absolute Gasteiger partial charge is 0.417 e. The van der Waals surface area contributed by atoms with Crippen LogP contribution < -0.4 is 26.8 Å². The van der Waals surface area contributed by atoms with Gasteiger partial charge in [0, 0.05) is 48.3 Å². The molecule has 0 aliphatic carbocycles. The van der Waals surface area contributed by atoms with Crippen LogP contribution in [0.5, 0.6) is 0 Å². The van der Waals surface area contributed by atoms with Crippen LogP contribution in [-0.2, 0) is 37.4 Å². The normalized spacial score (nSPS) is 15.7. The van der Waals surface area contributed by atoms with Crippen molar-refractivity contribution in [1.29, 1.82) is 5.26 Å². The molecular formula is C43H40F4N10O7S. The summed E-state index contributed by atoms with van der Waals surface area (Å²) in [4.78, 5) is 42.3. The lowest BCUT2D eigenvalue weighted by molar-refractivity contribution is -0.138. The number of aryl methyl sites for hydroxylation is 1. The predicted octanol–water partition coefficient (Wildman–Crippen LogP) is 5.39. The summed E-state index contributed by atoms with van der Waals surface area (Å²) >= 11 is 0. The van der Waals surface area contributed by atoms with E-state index < -0.39 is 67.7 Å². The number of anilines is 4. The number of carbonyl (C=O) groups excluding carboxylic acids is 2. The Balaban J connectivity index is 0.848. The Labute approximate surface area is 367 Å². The number of aromatic amines is 1. The first-order valence-corrected chi connectivity index (χ1v) is 21.5. The third-order valence-electron chi connectivity index (χ3n) is 10.5. The summed E-state index contributed by atoms with van der Waals surface area (Å²) < 4.78 is 88.1. The maximum absolute atomic E-state index is 14.6. The van der Waals surface area contributed by atoms with Crippen LogP contribution >= 0.6 is 0 Å². The fraction of sp³-hybridized carbons (Fsp3) is 0.279. The van der Waals surface area contributed by atoms with E-state index in [9.17, 15) is 45.5 Å². The summed E-state index contributed by atoms with van der Waals surface area (Å²) in [7, 11) is -2.52. The van der Waals surface area contributed by atoms with Crippen molar-refractivity contribution in [3.05, 3.63) is 130 Å². The molecule has 65 heavy (non-hydrogen) atoms. The number of alkyl halides is 3. The monoisotopic (exact) mass is 916 g/mol. The number of ether oxygens (including phenoxy) is 1. The van der Waals surface area contributed by atoms with E-state index in [1.165, 1.54) is 48.8 Å². The molecule has 0 saturated carbocycles. The van der Waals surface area contributed by atoms with E-state index in [1.54, 1.807) is 23.9 Å². The molecule has 6 aromatic rings. The topological polar surface area (TPSA) is 246 Å². The van der Waals surface area contributed by atoms with Crippen LogP contribution in [0.2, 0.25) is 0 Å². The standard InChI is InChI=1S/C43H40F4N10O7S/c1-42(61,41(60)53-29-9-6-25(21-48)32(20-29)43(45,46)47)22-65(62,63)30-12-10-27(11-13-30)49-15-3-16-64-17-14-34(58)52-28-7-4-24(5-8-28)37-36(39-50-23-51-57(39)2)38-35-31(40(59)56-55-38)18-26(44)19-33(35)54-37/h4-13,18-20,23,36-37,49,54,61H,3,14-17,22H2,1-2H3,(H,52,58)(H,53,60)(H,56,59)/t36-,37-,42+/m1/s1. The first kappa shape index (κ1) is 45.8. The molecule has 2 aromatic heterocycles. The van der Waals surface area contributed by atoms with Crippen LogP contribution in [0.25, 0.3) is 10.8 Å². The molecule has 2 amide bonds. The van der Waals surface area contributed by atoms with Crippen molar-refractivity contribution in [3.63, 3.8) is 0 Å². The number of nitriles is 1. The molecule has 17 nitrogen and oxygen atoms in total. The molecule has 0 saturated heterocycles. The third kappa shape index (κ3) is 10.3. The second-order valence-electron chi connectivity index (χ2n) is 15.3. The lowest BCUT2D eigenvalue weighted by atomic mass is 9.83. The fourth-order valence-corrected chi connectivity index (χ4v) is 8.95. The molecule has 0 spiro atoms. The zero-order valence-electron chi connectivity index (χ0n) is 34.5. The number of rotatable bonds is 16. The summed E-state index contributed by atoms with van der Waals surface area (Å²) in [5.74, 6) is -3.16. The number of aromatic nitrogens is 5. The molecule has 0 bridgehead atoms. The van der Waals surface area contributed by atoms with E-state index in [1.807, 2.05) is 12.1 Å². The van der Waals surface area contributed by atoms with Crippen LogP contribution in [-0.4, -0.2) is 81.4 Å². The van der Waals surface area contributed by atoms with Gasteiger partial charge in [0.05, 0.1) is 63.9 Å². The third-order valence-corrected chi connectivity index (χ3v) is 12.5. The van der Waals surface area contributed by atoms with Crippen LogP contribution in [0.4, 0.5) is 40.3 Å². The number of sulfone groups is 1. The van der Waals surface area contributed by atoms with E-state index in [4.69, 9.17) is 10.00 Å². The maximum atomic E-state index is 14.6. The van der Waals surface area contributed by atoms with E-state index in [0.717, 1.165) is 24.6 Å².